The van der Waals surface area contributed by atoms with Crippen LogP contribution in [-0.2, 0) is 0 Å². The number of hydrogen-bond acceptors (Lipinski definition) is 2. The molecule has 3 atom stereocenters. The van der Waals surface area contributed by atoms with Crippen LogP contribution in [0, 0.1) is 11.8 Å². The Labute approximate surface area is 117 Å². The van der Waals surface area contributed by atoms with Gasteiger partial charge in [0.15, 0.2) is 0 Å². The number of rotatable bonds is 5. The van der Waals surface area contributed by atoms with Crippen LogP contribution in [0.25, 0.3) is 0 Å². The minimum atomic E-state index is 0.615. The minimum Gasteiger partial charge on any atom is -0.494 e. The Bertz CT molecular complexity index is 391. The Balaban J connectivity index is 2.18. The highest BCUT2D eigenvalue weighted by Crippen LogP contribution is 2.41. The van der Waals surface area contributed by atoms with Gasteiger partial charge in [-0.05, 0) is 61.8 Å². The number of benzene rings is 1. The molecule has 0 spiro atoms. The molecule has 2 nitrogen and oxygen atoms in total. The second-order valence-corrected chi connectivity index (χ2v) is 5.70. The van der Waals surface area contributed by atoms with Crippen molar-refractivity contribution in [1.82, 2.24) is 0 Å². The summed E-state index contributed by atoms with van der Waals surface area (Å²) in [7, 11) is 0. The van der Waals surface area contributed by atoms with Crippen LogP contribution in [-0.4, -0.2) is 13.2 Å². The third-order valence-electron chi connectivity index (χ3n) is 4.58. The molecule has 1 aromatic carbocycles. The summed E-state index contributed by atoms with van der Waals surface area (Å²) < 4.78 is 5.63. The predicted molar refractivity (Wildman–Crippen MR) is 80.5 cm³/mol. The lowest BCUT2D eigenvalue weighted by Gasteiger charge is -2.35. The highest BCUT2D eigenvalue weighted by atomic mass is 16.5. The summed E-state index contributed by atoms with van der Waals surface area (Å²) in [6, 6.07) is 8.62. The van der Waals surface area contributed by atoms with E-state index in [1.54, 1.807) is 0 Å². The van der Waals surface area contributed by atoms with Gasteiger partial charge >= 0.3 is 0 Å². The normalized spacial score (nSPS) is 27.2. The molecule has 0 saturated heterocycles. The maximum Gasteiger partial charge on any atom is 0.119 e. The fourth-order valence-corrected chi connectivity index (χ4v) is 3.38. The van der Waals surface area contributed by atoms with Crippen molar-refractivity contribution in [2.45, 2.75) is 45.4 Å². The largest absolute Gasteiger partial charge is 0.494 e. The number of hydrogen-bond donors (Lipinski definition) is 1. The van der Waals surface area contributed by atoms with Crippen molar-refractivity contribution in [3.63, 3.8) is 0 Å². The van der Waals surface area contributed by atoms with E-state index in [0.717, 1.165) is 24.8 Å². The van der Waals surface area contributed by atoms with Crippen molar-refractivity contribution in [3.05, 3.63) is 29.8 Å². The zero-order valence-electron chi connectivity index (χ0n) is 12.3. The first kappa shape index (κ1) is 14.4. The van der Waals surface area contributed by atoms with Crippen molar-refractivity contribution in [1.29, 1.82) is 0 Å². The maximum absolute atomic E-state index is 5.98. The summed E-state index contributed by atoms with van der Waals surface area (Å²) in [5, 5.41) is 0. The molecular weight excluding hydrogens is 234 g/mol. The van der Waals surface area contributed by atoms with Crippen LogP contribution in [0.1, 0.15) is 51.0 Å². The first-order chi connectivity index (χ1) is 9.28. The van der Waals surface area contributed by atoms with Crippen molar-refractivity contribution in [2.24, 2.45) is 17.6 Å². The van der Waals surface area contributed by atoms with Crippen LogP contribution >= 0.6 is 0 Å². The van der Waals surface area contributed by atoms with Crippen LogP contribution in [0.3, 0.4) is 0 Å². The minimum absolute atomic E-state index is 0.615. The number of nitrogens with two attached hydrogens (primary N) is 1. The van der Waals surface area contributed by atoms with Crippen LogP contribution in [0.15, 0.2) is 24.3 Å². The van der Waals surface area contributed by atoms with Crippen molar-refractivity contribution < 1.29 is 4.74 Å². The fraction of sp³-hybridized carbons (Fsp3) is 0.647. The Kier molecular flexibility index (Phi) is 5.26. The summed E-state index contributed by atoms with van der Waals surface area (Å²) in [4.78, 5) is 0. The molecule has 2 rings (SSSR count). The van der Waals surface area contributed by atoms with E-state index in [4.69, 9.17) is 10.5 Å². The Morgan fingerprint density at radius 1 is 1.26 bits per heavy atom. The molecule has 106 valence electrons. The van der Waals surface area contributed by atoms with Crippen LogP contribution in [0.4, 0.5) is 0 Å². The smallest absolute Gasteiger partial charge is 0.119 e. The van der Waals surface area contributed by atoms with Gasteiger partial charge in [0.1, 0.15) is 5.75 Å². The molecule has 1 aliphatic carbocycles. The van der Waals surface area contributed by atoms with Crippen LogP contribution in [0.5, 0.6) is 5.75 Å². The molecule has 0 bridgehead atoms. The van der Waals surface area contributed by atoms with Gasteiger partial charge in [-0.1, -0.05) is 31.9 Å². The molecule has 1 fully saturated rings. The van der Waals surface area contributed by atoms with E-state index in [1.807, 2.05) is 13.0 Å². The molecule has 19 heavy (non-hydrogen) atoms. The maximum atomic E-state index is 5.98. The Morgan fingerprint density at radius 2 is 2.11 bits per heavy atom. The van der Waals surface area contributed by atoms with E-state index < -0.39 is 0 Å². The molecule has 0 heterocycles. The van der Waals surface area contributed by atoms with E-state index in [-0.39, 0.29) is 0 Å². The van der Waals surface area contributed by atoms with Gasteiger partial charge in [0, 0.05) is 0 Å². The average molecular weight is 261 g/mol. The molecule has 0 radical (unpaired) electrons. The van der Waals surface area contributed by atoms with E-state index in [9.17, 15) is 0 Å². The number of ether oxygens (including phenoxy) is 1. The lowest BCUT2D eigenvalue weighted by Crippen LogP contribution is -2.28. The first-order valence-electron chi connectivity index (χ1n) is 7.71. The van der Waals surface area contributed by atoms with Gasteiger partial charge in [0.2, 0.25) is 0 Å². The summed E-state index contributed by atoms with van der Waals surface area (Å²) in [5.74, 6) is 3.11. The second kappa shape index (κ2) is 6.95. The Hall–Kier alpha value is -1.02. The molecule has 1 saturated carbocycles. The third kappa shape index (κ3) is 3.50. The van der Waals surface area contributed by atoms with E-state index in [1.165, 1.54) is 31.2 Å². The Morgan fingerprint density at radius 3 is 2.79 bits per heavy atom. The van der Waals surface area contributed by atoms with Gasteiger partial charge < -0.3 is 10.5 Å². The lowest BCUT2D eigenvalue weighted by atomic mass is 9.70. The van der Waals surface area contributed by atoms with Gasteiger partial charge in [-0.15, -0.1) is 0 Å². The molecule has 0 aromatic heterocycles. The fourth-order valence-electron chi connectivity index (χ4n) is 3.38. The SMILES string of the molecule is CCOc1cccc(C2CC(CC)CCC2CN)c1. The third-order valence-corrected chi connectivity index (χ3v) is 4.58. The van der Waals surface area contributed by atoms with Crippen molar-refractivity contribution in [3.8, 4) is 5.75 Å². The standard InChI is InChI=1S/C17H27NO/c1-3-13-8-9-15(12-18)17(10-13)14-6-5-7-16(11-14)19-4-2/h5-7,11,13,15,17H,3-4,8-10,12,18H2,1-2H3. The van der Waals surface area contributed by atoms with Gasteiger partial charge in [-0.25, -0.2) is 0 Å². The molecule has 0 amide bonds. The molecule has 1 aromatic rings. The molecule has 1 aliphatic rings. The molecule has 3 unspecified atom stereocenters. The van der Waals surface area contributed by atoms with Crippen LogP contribution in [0.2, 0.25) is 0 Å². The van der Waals surface area contributed by atoms with E-state index in [0.29, 0.717) is 11.8 Å². The van der Waals surface area contributed by atoms with Gasteiger partial charge in [0.25, 0.3) is 0 Å². The van der Waals surface area contributed by atoms with Crippen molar-refractivity contribution in [2.75, 3.05) is 13.2 Å². The van der Waals surface area contributed by atoms with Crippen molar-refractivity contribution >= 4 is 0 Å². The first-order valence-corrected chi connectivity index (χ1v) is 7.71. The van der Waals surface area contributed by atoms with Crippen LogP contribution < -0.4 is 10.5 Å². The highest BCUT2D eigenvalue weighted by Gasteiger charge is 2.30. The summed E-state index contributed by atoms with van der Waals surface area (Å²) in [6.45, 7) is 5.87. The second-order valence-electron chi connectivity index (χ2n) is 5.70. The average Bonchev–Trinajstić information content (AvgIpc) is 2.47. The molecule has 2 N–H and O–H groups in total. The molecule has 2 heteroatoms. The summed E-state index contributed by atoms with van der Waals surface area (Å²) in [6.07, 6.45) is 5.20. The molecule has 0 aliphatic heterocycles. The summed E-state index contributed by atoms with van der Waals surface area (Å²) in [5.41, 5.74) is 7.40. The monoisotopic (exact) mass is 261 g/mol. The zero-order chi connectivity index (χ0) is 13.7. The topological polar surface area (TPSA) is 35.2 Å². The summed E-state index contributed by atoms with van der Waals surface area (Å²) >= 11 is 0. The quantitative estimate of drug-likeness (QED) is 0.871. The highest BCUT2D eigenvalue weighted by molar-refractivity contribution is 5.31. The lowest BCUT2D eigenvalue weighted by molar-refractivity contribution is 0.235. The predicted octanol–water partition coefficient (Wildman–Crippen LogP) is 3.95. The van der Waals surface area contributed by atoms with Gasteiger partial charge in [-0.3, -0.25) is 0 Å². The zero-order valence-corrected chi connectivity index (χ0v) is 12.3. The van der Waals surface area contributed by atoms with E-state index >= 15 is 0 Å². The molecular formula is C17H27NO. The van der Waals surface area contributed by atoms with E-state index in [2.05, 4.69) is 25.1 Å². The van der Waals surface area contributed by atoms with Gasteiger partial charge in [-0.2, -0.15) is 0 Å². The van der Waals surface area contributed by atoms with Gasteiger partial charge in [0.05, 0.1) is 6.61 Å².